The van der Waals surface area contributed by atoms with Crippen LogP contribution in [0.5, 0.6) is 5.75 Å². The van der Waals surface area contributed by atoms with Gasteiger partial charge in [0, 0.05) is 13.8 Å². The quantitative estimate of drug-likeness (QED) is 0.502. The van der Waals surface area contributed by atoms with Crippen LogP contribution in [0, 0.1) is 8.99 Å². The Morgan fingerprint density at radius 3 is 2.65 bits per heavy atom. The molecule has 94 valence electrons. The fraction of sp³-hybridized carbons (Fsp3) is 0.571. The molecular weight excluding hydrogens is 391 g/mol. The van der Waals surface area contributed by atoms with Gasteiger partial charge < -0.3 is 4.74 Å². The van der Waals surface area contributed by atoms with Crippen LogP contribution in [-0.2, 0) is 0 Å². The van der Waals surface area contributed by atoms with Crippen molar-refractivity contribution in [2.24, 2.45) is 5.41 Å². The van der Waals surface area contributed by atoms with Gasteiger partial charge in [-0.2, -0.15) is 0 Å². The molecule has 0 heterocycles. The molecule has 1 aromatic rings. The van der Waals surface area contributed by atoms with E-state index < -0.39 is 0 Å². The summed E-state index contributed by atoms with van der Waals surface area (Å²) in [5, 5.41) is 0. The molecule has 17 heavy (non-hydrogen) atoms. The maximum Gasteiger partial charge on any atom is 0.120 e. The van der Waals surface area contributed by atoms with Gasteiger partial charge in [0.15, 0.2) is 0 Å². The first-order valence-electron chi connectivity index (χ1n) is 6.18. The van der Waals surface area contributed by atoms with Crippen molar-refractivity contribution in [3.63, 3.8) is 0 Å². The minimum Gasteiger partial charge on any atom is -0.490 e. The molecule has 2 atom stereocenters. The van der Waals surface area contributed by atoms with Crippen molar-refractivity contribution in [2.45, 2.75) is 44.0 Å². The number of ether oxygens (including phenoxy) is 1. The van der Waals surface area contributed by atoms with Crippen LogP contribution in [0.25, 0.3) is 0 Å². The first kappa shape index (κ1) is 13.7. The number of hydrogen-bond donors (Lipinski definition) is 0. The molecule has 0 spiro atoms. The molecule has 1 aromatic carbocycles. The predicted octanol–water partition coefficient (Wildman–Crippen LogP) is 5.01. The highest BCUT2D eigenvalue weighted by atomic mass is 127. The monoisotopic (exact) mass is 408 g/mol. The van der Waals surface area contributed by atoms with Crippen molar-refractivity contribution < 1.29 is 4.74 Å². The summed E-state index contributed by atoms with van der Waals surface area (Å²) < 4.78 is 7.39. The van der Waals surface area contributed by atoms with Gasteiger partial charge in [0.2, 0.25) is 0 Å². The van der Waals surface area contributed by atoms with E-state index in [1.807, 2.05) is 0 Å². The lowest BCUT2D eigenvalue weighted by atomic mass is 9.62. The second-order valence-electron chi connectivity index (χ2n) is 4.71. The molecule has 2 unspecified atom stereocenters. The standard InChI is InChI=1S/C14H18BrIO/c1-3-14(4-2)12(15)9-13(14)17-11-7-5-6-10(16)8-11/h5-8,12-13H,3-4,9H2,1-2H3. The Labute approximate surface area is 126 Å². The highest BCUT2D eigenvalue weighted by Crippen LogP contribution is 2.52. The van der Waals surface area contributed by atoms with E-state index in [-0.39, 0.29) is 0 Å². The van der Waals surface area contributed by atoms with E-state index in [4.69, 9.17) is 4.74 Å². The average molecular weight is 409 g/mol. The molecule has 2 rings (SSSR count). The summed E-state index contributed by atoms with van der Waals surface area (Å²) in [6.45, 7) is 4.53. The zero-order valence-electron chi connectivity index (χ0n) is 10.2. The molecule has 1 saturated carbocycles. The first-order chi connectivity index (χ1) is 8.12. The van der Waals surface area contributed by atoms with E-state index in [0.717, 1.165) is 12.2 Å². The Morgan fingerprint density at radius 1 is 1.41 bits per heavy atom. The summed E-state index contributed by atoms with van der Waals surface area (Å²) in [5.74, 6) is 1.01. The van der Waals surface area contributed by atoms with Gasteiger partial charge in [-0.1, -0.05) is 35.8 Å². The van der Waals surface area contributed by atoms with Gasteiger partial charge in [-0.25, -0.2) is 0 Å². The maximum absolute atomic E-state index is 6.16. The van der Waals surface area contributed by atoms with Gasteiger partial charge in [0.05, 0.1) is 0 Å². The smallest absolute Gasteiger partial charge is 0.120 e. The lowest BCUT2D eigenvalue weighted by Gasteiger charge is -2.52. The number of benzene rings is 1. The van der Waals surface area contributed by atoms with Crippen molar-refractivity contribution in [1.82, 2.24) is 0 Å². The van der Waals surface area contributed by atoms with Gasteiger partial charge in [-0.05, 0) is 60.1 Å². The summed E-state index contributed by atoms with van der Waals surface area (Å²) >= 11 is 6.12. The van der Waals surface area contributed by atoms with Gasteiger partial charge in [-0.3, -0.25) is 0 Å². The predicted molar refractivity (Wildman–Crippen MR) is 83.9 cm³/mol. The molecular formula is C14H18BrIO. The third-order valence-electron chi connectivity index (χ3n) is 4.08. The largest absolute Gasteiger partial charge is 0.490 e. The normalized spacial score (nSPS) is 26.4. The molecule has 1 nitrogen and oxygen atoms in total. The third-order valence-corrected chi connectivity index (χ3v) is 6.03. The van der Waals surface area contributed by atoms with Crippen molar-refractivity contribution in [1.29, 1.82) is 0 Å². The number of hydrogen-bond acceptors (Lipinski definition) is 1. The molecule has 1 aliphatic carbocycles. The van der Waals surface area contributed by atoms with Crippen molar-refractivity contribution in [3.05, 3.63) is 27.8 Å². The molecule has 1 fully saturated rings. The van der Waals surface area contributed by atoms with Crippen molar-refractivity contribution >= 4 is 38.5 Å². The van der Waals surface area contributed by atoms with Crippen LogP contribution in [0.3, 0.4) is 0 Å². The molecule has 0 aliphatic heterocycles. The Kier molecular flexibility index (Phi) is 4.40. The van der Waals surface area contributed by atoms with E-state index in [1.54, 1.807) is 0 Å². The minimum atomic E-state index is 0.321. The van der Waals surface area contributed by atoms with E-state index in [2.05, 4.69) is 76.6 Å². The zero-order chi connectivity index (χ0) is 12.5. The molecule has 0 N–H and O–H groups in total. The summed E-state index contributed by atoms with van der Waals surface area (Å²) in [6.07, 6.45) is 3.83. The lowest BCUT2D eigenvalue weighted by Crippen LogP contribution is -2.56. The molecule has 3 heteroatoms. The first-order valence-corrected chi connectivity index (χ1v) is 8.18. The zero-order valence-corrected chi connectivity index (χ0v) is 14.0. The van der Waals surface area contributed by atoms with Gasteiger partial charge in [0.25, 0.3) is 0 Å². The third kappa shape index (κ3) is 2.50. The van der Waals surface area contributed by atoms with Crippen LogP contribution in [0.4, 0.5) is 0 Å². The van der Waals surface area contributed by atoms with E-state index in [0.29, 0.717) is 16.3 Å². The summed E-state index contributed by atoms with van der Waals surface area (Å²) in [7, 11) is 0. The molecule has 0 bridgehead atoms. The van der Waals surface area contributed by atoms with Crippen LogP contribution in [-0.4, -0.2) is 10.9 Å². The molecule has 1 aliphatic rings. The van der Waals surface area contributed by atoms with Crippen LogP contribution in [0.15, 0.2) is 24.3 Å². The van der Waals surface area contributed by atoms with Gasteiger partial charge in [-0.15, -0.1) is 0 Å². The Hall–Kier alpha value is 0.230. The lowest BCUT2D eigenvalue weighted by molar-refractivity contribution is -0.0411. The van der Waals surface area contributed by atoms with E-state index >= 15 is 0 Å². The SMILES string of the molecule is CCC1(CC)C(Br)CC1Oc1cccc(I)c1. The highest BCUT2D eigenvalue weighted by Gasteiger charge is 2.53. The van der Waals surface area contributed by atoms with Gasteiger partial charge >= 0.3 is 0 Å². The fourth-order valence-electron chi connectivity index (χ4n) is 2.72. The number of halogens is 2. The molecule has 0 saturated heterocycles. The Balaban J connectivity index is 2.10. The maximum atomic E-state index is 6.16. The Bertz CT molecular complexity index is 390. The summed E-state index contributed by atoms with van der Waals surface area (Å²) in [5.41, 5.74) is 0.321. The summed E-state index contributed by atoms with van der Waals surface area (Å²) in [6, 6.07) is 8.31. The van der Waals surface area contributed by atoms with Crippen LogP contribution in [0.2, 0.25) is 0 Å². The van der Waals surface area contributed by atoms with Crippen molar-refractivity contribution in [2.75, 3.05) is 0 Å². The van der Waals surface area contributed by atoms with E-state index in [9.17, 15) is 0 Å². The van der Waals surface area contributed by atoms with Gasteiger partial charge in [0.1, 0.15) is 11.9 Å². The second-order valence-corrected chi connectivity index (χ2v) is 7.06. The topological polar surface area (TPSA) is 9.23 Å². The Morgan fingerprint density at radius 2 is 2.12 bits per heavy atom. The van der Waals surface area contributed by atoms with Crippen molar-refractivity contribution in [3.8, 4) is 5.75 Å². The molecule has 0 aromatic heterocycles. The second kappa shape index (κ2) is 5.47. The minimum absolute atomic E-state index is 0.321. The average Bonchev–Trinajstić information content (AvgIpc) is 2.30. The van der Waals surface area contributed by atoms with Crippen LogP contribution in [0.1, 0.15) is 33.1 Å². The van der Waals surface area contributed by atoms with Crippen LogP contribution >= 0.6 is 38.5 Å². The highest BCUT2D eigenvalue weighted by molar-refractivity contribution is 14.1. The number of alkyl halides is 1. The molecule has 0 amide bonds. The molecule has 0 radical (unpaired) electrons. The van der Waals surface area contributed by atoms with Crippen LogP contribution < -0.4 is 4.74 Å². The van der Waals surface area contributed by atoms with E-state index in [1.165, 1.54) is 16.4 Å². The number of rotatable bonds is 4. The summed E-state index contributed by atoms with van der Waals surface area (Å²) in [4.78, 5) is 0.609. The fourth-order valence-corrected chi connectivity index (χ4v) is 4.51.